The van der Waals surface area contributed by atoms with E-state index in [9.17, 15) is 13.2 Å². The Bertz CT molecular complexity index is 1310. The molecule has 0 heterocycles. The Kier molecular flexibility index (Phi) is 5.01. The van der Waals surface area contributed by atoms with Crippen LogP contribution in [0.3, 0.4) is 0 Å². The van der Waals surface area contributed by atoms with Gasteiger partial charge in [0.25, 0.3) is 0 Å². The van der Waals surface area contributed by atoms with Crippen molar-refractivity contribution in [3.63, 3.8) is 0 Å². The number of rotatable bonds is 3. The fraction of sp³-hybridized carbons (Fsp3) is 0.0800. The fourth-order valence-electron chi connectivity index (χ4n) is 3.54. The van der Waals surface area contributed by atoms with E-state index in [1.807, 2.05) is 19.1 Å². The SMILES string of the molecule is CCc1ccc2c(F)c(-c3ccc(-c4cc(F)c(C#N)c(F)c4)c(F)c3)ccc2c1. The summed E-state index contributed by atoms with van der Waals surface area (Å²) >= 11 is 0. The predicted octanol–water partition coefficient (Wildman–Crippen LogP) is 7.16. The van der Waals surface area contributed by atoms with Crippen LogP contribution in [0.4, 0.5) is 17.6 Å². The third-order valence-corrected chi connectivity index (χ3v) is 5.17. The summed E-state index contributed by atoms with van der Waals surface area (Å²) in [4.78, 5) is 0. The van der Waals surface area contributed by atoms with Crippen LogP contribution in [0.2, 0.25) is 0 Å². The molecule has 4 aromatic carbocycles. The summed E-state index contributed by atoms with van der Waals surface area (Å²) in [5.74, 6) is -3.35. The first-order valence-electron chi connectivity index (χ1n) is 9.33. The van der Waals surface area contributed by atoms with Crippen LogP contribution in [0.15, 0.2) is 60.7 Å². The average molecular weight is 405 g/mol. The Morgan fingerprint density at radius 3 is 2.03 bits per heavy atom. The molecular formula is C25H15F4N. The quantitative estimate of drug-likeness (QED) is 0.332. The van der Waals surface area contributed by atoms with Gasteiger partial charge in [0.2, 0.25) is 0 Å². The Hall–Kier alpha value is -3.65. The molecular weight excluding hydrogens is 390 g/mol. The fourth-order valence-corrected chi connectivity index (χ4v) is 3.54. The van der Waals surface area contributed by atoms with Gasteiger partial charge in [-0.05, 0) is 46.7 Å². The zero-order valence-corrected chi connectivity index (χ0v) is 15.9. The summed E-state index contributed by atoms with van der Waals surface area (Å²) < 4.78 is 57.6. The van der Waals surface area contributed by atoms with E-state index in [0.29, 0.717) is 10.9 Å². The topological polar surface area (TPSA) is 23.8 Å². The third kappa shape index (κ3) is 3.31. The van der Waals surface area contributed by atoms with Crippen LogP contribution in [-0.2, 0) is 6.42 Å². The molecule has 0 fully saturated rings. The highest BCUT2D eigenvalue weighted by atomic mass is 19.1. The number of aryl methyl sites for hydroxylation is 1. The summed E-state index contributed by atoms with van der Waals surface area (Å²) in [6.07, 6.45) is 0.836. The molecule has 0 aromatic heterocycles. The van der Waals surface area contributed by atoms with E-state index in [4.69, 9.17) is 5.26 Å². The molecule has 148 valence electrons. The molecule has 0 aliphatic carbocycles. The molecule has 5 heteroatoms. The van der Waals surface area contributed by atoms with Crippen molar-refractivity contribution in [2.75, 3.05) is 0 Å². The number of hydrogen-bond donors (Lipinski definition) is 0. The van der Waals surface area contributed by atoms with Gasteiger partial charge in [0, 0.05) is 16.5 Å². The Balaban J connectivity index is 1.79. The normalized spacial score (nSPS) is 10.9. The van der Waals surface area contributed by atoms with Gasteiger partial charge < -0.3 is 0 Å². The van der Waals surface area contributed by atoms with Gasteiger partial charge in [0.05, 0.1) is 0 Å². The lowest BCUT2D eigenvalue weighted by Crippen LogP contribution is -1.94. The Labute approximate surface area is 170 Å². The molecule has 1 nitrogen and oxygen atoms in total. The molecule has 4 rings (SSSR count). The van der Waals surface area contributed by atoms with Crippen LogP contribution in [0.5, 0.6) is 0 Å². The van der Waals surface area contributed by atoms with Crippen LogP contribution in [0.25, 0.3) is 33.0 Å². The van der Waals surface area contributed by atoms with Gasteiger partial charge in [0.1, 0.15) is 34.9 Å². The van der Waals surface area contributed by atoms with Crippen molar-refractivity contribution in [3.05, 3.63) is 95.1 Å². The number of halogens is 4. The number of fused-ring (bicyclic) bond motifs is 1. The van der Waals surface area contributed by atoms with E-state index in [2.05, 4.69) is 0 Å². The molecule has 0 unspecified atom stereocenters. The van der Waals surface area contributed by atoms with E-state index < -0.39 is 28.8 Å². The first-order valence-corrected chi connectivity index (χ1v) is 9.33. The second kappa shape index (κ2) is 7.64. The molecule has 0 aliphatic rings. The molecule has 0 saturated heterocycles. The third-order valence-electron chi connectivity index (χ3n) is 5.17. The Morgan fingerprint density at radius 1 is 0.733 bits per heavy atom. The van der Waals surface area contributed by atoms with Gasteiger partial charge in [-0.3, -0.25) is 0 Å². The lowest BCUT2D eigenvalue weighted by molar-refractivity contribution is 0.577. The van der Waals surface area contributed by atoms with Crippen LogP contribution in [0.1, 0.15) is 18.1 Å². The highest BCUT2D eigenvalue weighted by molar-refractivity contribution is 5.89. The van der Waals surface area contributed by atoms with Crippen molar-refractivity contribution >= 4 is 10.8 Å². The summed E-state index contributed by atoms with van der Waals surface area (Å²) in [5, 5.41) is 9.96. The van der Waals surface area contributed by atoms with Gasteiger partial charge in [-0.25, -0.2) is 17.6 Å². The molecule has 0 N–H and O–H groups in total. The maximum atomic E-state index is 15.1. The lowest BCUT2D eigenvalue weighted by Gasteiger charge is -2.11. The zero-order chi connectivity index (χ0) is 21.4. The molecule has 0 radical (unpaired) electrons. The number of nitriles is 1. The summed E-state index contributed by atoms with van der Waals surface area (Å²) in [5.41, 5.74) is 0.820. The zero-order valence-electron chi connectivity index (χ0n) is 15.9. The number of benzene rings is 4. The van der Waals surface area contributed by atoms with E-state index in [1.165, 1.54) is 18.2 Å². The smallest absolute Gasteiger partial charge is 0.144 e. The molecule has 0 spiro atoms. The van der Waals surface area contributed by atoms with Crippen molar-refractivity contribution in [1.82, 2.24) is 0 Å². The van der Waals surface area contributed by atoms with Crippen LogP contribution >= 0.6 is 0 Å². The summed E-state index contributed by atoms with van der Waals surface area (Å²) in [7, 11) is 0. The van der Waals surface area contributed by atoms with Crippen molar-refractivity contribution in [3.8, 4) is 28.3 Å². The second-order valence-electron chi connectivity index (χ2n) is 6.96. The first-order chi connectivity index (χ1) is 14.4. The minimum absolute atomic E-state index is 0.0425. The maximum absolute atomic E-state index is 15.1. The van der Waals surface area contributed by atoms with Crippen molar-refractivity contribution in [2.24, 2.45) is 0 Å². The molecule has 0 saturated carbocycles. The minimum atomic E-state index is -1.07. The number of nitrogens with zero attached hydrogens (tertiary/aromatic N) is 1. The van der Waals surface area contributed by atoms with Gasteiger partial charge in [-0.15, -0.1) is 0 Å². The lowest BCUT2D eigenvalue weighted by atomic mass is 9.96. The molecule has 0 atom stereocenters. The largest absolute Gasteiger partial charge is 0.206 e. The summed E-state index contributed by atoms with van der Waals surface area (Å²) in [6, 6.07) is 16.1. The highest BCUT2D eigenvalue weighted by Gasteiger charge is 2.16. The highest BCUT2D eigenvalue weighted by Crippen LogP contribution is 2.33. The molecule has 0 amide bonds. The predicted molar refractivity (Wildman–Crippen MR) is 109 cm³/mol. The van der Waals surface area contributed by atoms with Crippen molar-refractivity contribution < 1.29 is 17.6 Å². The second-order valence-corrected chi connectivity index (χ2v) is 6.96. The Morgan fingerprint density at radius 2 is 1.40 bits per heavy atom. The van der Waals surface area contributed by atoms with E-state index in [-0.39, 0.29) is 16.7 Å². The van der Waals surface area contributed by atoms with Gasteiger partial charge >= 0.3 is 0 Å². The first kappa shape index (κ1) is 19.7. The van der Waals surface area contributed by atoms with E-state index in [0.717, 1.165) is 35.6 Å². The van der Waals surface area contributed by atoms with Crippen LogP contribution in [-0.4, -0.2) is 0 Å². The van der Waals surface area contributed by atoms with E-state index in [1.54, 1.807) is 18.2 Å². The molecule has 4 aromatic rings. The molecule has 30 heavy (non-hydrogen) atoms. The van der Waals surface area contributed by atoms with Crippen LogP contribution < -0.4 is 0 Å². The van der Waals surface area contributed by atoms with Crippen LogP contribution in [0, 0.1) is 34.6 Å². The molecule has 0 aliphatic heterocycles. The van der Waals surface area contributed by atoms with E-state index >= 15 is 4.39 Å². The maximum Gasteiger partial charge on any atom is 0.144 e. The summed E-state index contributed by atoms with van der Waals surface area (Å²) in [6.45, 7) is 2.02. The minimum Gasteiger partial charge on any atom is -0.206 e. The average Bonchev–Trinajstić information content (AvgIpc) is 2.73. The van der Waals surface area contributed by atoms with Crippen molar-refractivity contribution in [2.45, 2.75) is 13.3 Å². The van der Waals surface area contributed by atoms with Gasteiger partial charge in [0.15, 0.2) is 0 Å². The molecule has 0 bridgehead atoms. The number of hydrogen-bond acceptors (Lipinski definition) is 1. The van der Waals surface area contributed by atoms with Gasteiger partial charge in [-0.2, -0.15) is 5.26 Å². The monoisotopic (exact) mass is 405 g/mol. The van der Waals surface area contributed by atoms with Gasteiger partial charge in [-0.1, -0.05) is 49.4 Å². The standard InChI is InChI=1S/C25H15F4N/c1-2-14-3-6-19-15(9-14)5-8-20(25(19)29)16-4-7-18(22(26)10-16)17-11-23(27)21(13-30)24(28)12-17/h3-12H,2H2,1H3. The van der Waals surface area contributed by atoms with Crippen molar-refractivity contribution in [1.29, 1.82) is 5.26 Å².